The predicted octanol–water partition coefficient (Wildman–Crippen LogP) is 3.84. The van der Waals surface area contributed by atoms with E-state index in [1.165, 1.54) is 30.6 Å². The molecule has 2 aromatic carbocycles. The van der Waals surface area contributed by atoms with Crippen molar-refractivity contribution < 1.29 is 8.78 Å². The average molecular weight is 323 g/mol. The minimum atomic E-state index is -0.340. The van der Waals surface area contributed by atoms with Gasteiger partial charge >= 0.3 is 0 Å². The van der Waals surface area contributed by atoms with Crippen LogP contribution in [0.4, 0.5) is 20.3 Å². The Morgan fingerprint density at radius 2 is 1.75 bits per heavy atom. The van der Waals surface area contributed by atoms with Crippen LogP contribution in [0.2, 0.25) is 0 Å². The lowest BCUT2D eigenvalue weighted by molar-refractivity contribution is 0.627. The molecular formula is C17H11F2N5. The highest BCUT2D eigenvalue weighted by Gasteiger charge is 2.11. The maximum Gasteiger partial charge on any atom is 0.168 e. The topological polar surface area (TPSA) is 55.6 Å². The van der Waals surface area contributed by atoms with E-state index in [-0.39, 0.29) is 11.6 Å². The van der Waals surface area contributed by atoms with Gasteiger partial charge in [0.2, 0.25) is 0 Å². The SMILES string of the molecule is Fc1ccc(-n2ncc3c(Nc4cccc(F)c4)ncnc32)cc1. The van der Waals surface area contributed by atoms with Crippen molar-refractivity contribution in [2.75, 3.05) is 5.32 Å². The van der Waals surface area contributed by atoms with E-state index in [9.17, 15) is 8.78 Å². The Labute approximate surface area is 135 Å². The molecule has 0 bridgehead atoms. The first kappa shape index (κ1) is 14.3. The Bertz CT molecular complexity index is 1010. The molecule has 0 saturated carbocycles. The summed E-state index contributed by atoms with van der Waals surface area (Å²) >= 11 is 0. The molecule has 118 valence electrons. The van der Waals surface area contributed by atoms with Gasteiger partial charge < -0.3 is 5.32 Å². The molecule has 1 N–H and O–H groups in total. The molecule has 0 spiro atoms. The normalized spacial score (nSPS) is 10.9. The number of anilines is 2. The van der Waals surface area contributed by atoms with Crippen molar-refractivity contribution >= 4 is 22.5 Å². The van der Waals surface area contributed by atoms with Gasteiger partial charge in [-0.15, -0.1) is 0 Å². The minimum Gasteiger partial charge on any atom is -0.339 e. The lowest BCUT2D eigenvalue weighted by Gasteiger charge is -2.07. The molecule has 0 radical (unpaired) electrons. The zero-order valence-electron chi connectivity index (χ0n) is 12.3. The smallest absolute Gasteiger partial charge is 0.168 e. The fourth-order valence-corrected chi connectivity index (χ4v) is 2.42. The number of nitrogens with one attached hydrogen (secondary N) is 1. The second-order valence-electron chi connectivity index (χ2n) is 5.13. The molecule has 0 saturated heterocycles. The molecule has 0 atom stereocenters. The van der Waals surface area contributed by atoms with Crippen LogP contribution < -0.4 is 5.32 Å². The highest BCUT2D eigenvalue weighted by molar-refractivity contribution is 5.89. The predicted molar refractivity (Wildman–Crippen MR) is 86.3 cm³/mol. The quantitative estimate of drug-likeness (QED) is 0.622. The first-order valence-electron chi connectivity index (χ1n) is 7.18. The highest BCUT2D eigenvalue weighted by Crippen LogP contribution is 2.24. The molecule has 5 nitrogen and oxygen atoms in total. The summed E-state index contributed by atoms with van der Waals surface area (Å²) in [6.45, 7) is 0. The van der Waals surface area contributed by atoms with Crippen LogP contribution in [-0.4, -0.2) is 19.7 Å². The summed E-state index contributed by atoms with van der Waals surface area (Å²) in [5, 5.41) is 8.02. The number of halogens is 2. The molecule has 0 aliphatic carbocycles. The van der Waals surface area contributed by atoms with E-state index in [1.807, 2.05) is 0 Å². The standard InChI is InChI=1S/C17H11F2N5/c18-11-4-6-14(7-5-11)24-17-15(9-22-24)16(20-10-21-17)23-13-3-1-2-12(19)8-13/h1-10H,(H,20,21,23). The van der Waals surface area contributed by atoms with Gasteiger partial charge in [0.25, 0.3) is 0 Å². The largest absolute Gasteiger partial charge is 0.339 e. The van der Waals surface area contributed by atoms with E-state index in [4.69, 9.17) is 0 Å². The summed E-state index contributed by atoms with van der Waals surface area (Å²) in [5.74, 6) is -0.149. The van der Waals surface area contributed by atoms with Gasteiger partial charge in [-0.3, -0.25) is 0 Å². The van der Waals surface area contributed by atoms with Crippen molar-refractivity contribution in [2.45, 2.75) is 0 Å². The number of benzene rings is 2. The van der Waals surface area contributed by atoms with E-state index >= 15 is 0 Å². The molecule has 0 fully saturated rings. The van der Waals surface area contributed by atoms with Crippen molar-refractivity contribution in [3.8, 4) is 5.69 Å². The van der Waals surface area contributed by atoms with Crippen LogP contribution in [0, 0.1) is 11.6 Å². The summed E-state index contributed by atoms with van der Waals surface area (Å²) in [7, 11) is 0. The second kappa shape index (κ2) is 5.69. The van der Waals surface area contributed by atoms with Crippen molar-refractivity contribution in [2.24, 2.45) is 0 Å². The summed E-state index contributed by atoms with van der Waals surface area (Å²) in [5.41, 5.74) is 1.82. The van der Waals surface area contributed by atoms with Gasteiger partial charge in [-0.05, 0) is 42.5 Å². The van der Waals surface area contributed by atoms with Gasteiger partial charge in [-0.25, -0.2) is 23.4 Å². The van der Waals surface area contributed by atoms with E-state index in [1.54, 1.807) is 35.1 Å². The fourth-order valence-electron chi connectivity index (χ4n) is 2.42. The maximum absolute atomic E-state index is 13.3. The molecule has 0 unspecified atom stereocenters. The minimum absolute atomic E-state index is 0.321. The summed E-state index contributed by atoms with van der Waals surface area (Å²) in [6.07, 6.45) is 3.01. The van der Waals surface area contributed by atoms with Gasteiger partial charge in [0, 0.05) is 5.69 Å². The zero-order valence-corrected chi connectivity index (χ0v) is 12.3. The number of aromatic nitrogens is 4. The third-order valence-corrected chi connectivity index (χ3v) is 3.52. The van der Waals surface area contributed by atoms with Gasteiger partial charge in [-0.2, -0.15) is 5.10 Å². The summed E-state index contributed by atoms with van der Waals surface area (Å²) < 4.78 is 28.0. The second-order valence-corrected chi connectivity index (χ2v) is 5.13. The fraction of sp³-hybridized carbons (Fsp3) is 0. The molecule has 0 amide bonds. The van der Waals surface area contributed by atoms with Crippen LogP contribution in [0.5, 0.6) is 0 Å². The van der Waals surface area contributed by atoms with Crippen molar-refractivity contribution in [1.29, 1.82) is 0 Å². The Balaban J connectivity index is 1.77. The van der Waals surface area contributed by atoms with Crippen LogP contribution in [0.25, 0.3) is 16.7 Å². The van der Waals surface area contributed by atoms with Crippen molar-refractivity contribution in [3.05, 3.63) is 72.7 Å². The molecule has 2 heterocycles. The van der Waals surface area contributed by atoms with Crippen LogP contribution >= 0.6 is 0 Å². The number of rotatable bonds is 3. The Hall–Kier alpha value is -3.35. The molecule has 0 aliphatic rings. The lowest BCUT2D eigenvalue weighted by Crippen LogP contribution is -1.99. The Kier molecular flexibility index (Phi) is 3.38. The molecule has 0 aliphatic heterocycles. The number of hydrogen-bond donors (Lipinski definition) is 1. The van der Waals surface area contributed by atoms with Gasteiger partial charge in [0.1, 0.15) is 23.8 Å². The monoisotopic (exact) mass is 323 g/mol. The Morgan fingerprint density at radius 1 is 0.917 bits per heavy atom. The van der Waals surface area contributed by atoms with Gasteiger partial charge in [-0.1, -0.05) is 6.07 Å². The number of hydrogen-bond acceptors (Lipinski definition) is 4. The van der Waals surface area contributed by atoms with E-state index < -0.39 is 0 Å². The first-order valence-corrected chi connectivity index (χ1v) is 7.18. The summed E-state index contributed by atoms with van der Waals surface area (Å²) in [4.78, 5) is 8.44. The van der Waals surface area contributed by atoms with Crippen LogP contribution in [0.3, 0.4) is 0 Å². The molecular weight excluding hydrogens is 312 g/mol. The zero-order chi connectivity index (χ0) is 16.5. The van der Waals surface area contributed by atoms with E-state index in [0.29, 0.717) is 28.2 Å². The van der Waals surface area contributed by atoms with Gasteiger partial charge in [0.15, 0.2) is 5.65 Å². The summed E-state index contributed by atoms with van der Waals surface area (Å²) in [6, 6.07) is 12.0. The third-order valence-electron chi connectivity index (χ3n) is 3.52. The van der Waals surface area contributed by atoms with Gasteiger partial charge in [0.05, 0.1) is 17.3 Å². The molecule has 4 rings (SSSR count). The average Bonchev–Trinajstić information content (AvgIpc) is 3.01. The molecule has 24 heavy (non-hydrogen) atoms. The molecule has 4 aromatic rings. The third kappa shape index (κ3) is 2.56. The number of nitrogens with zero attached hydrogens (tertiary/aromatic N) is 4. The van der Waals surface area contributed by atoms with E-state index in [2.05, 4.69) is 20.4 Å². The maximum atomic E-state index is 13.3. The number of fused-ring (bicyclic) bond motifs is 1. The van der Waals surface area contributed by atoms with Crippen LogP contribution in [-0.2, 0) is 0 Å². The first-order chi connectivity index (χ1) is 11.7. The van der Waals surface area contributed by atoms with E-state index in [0.717, 1.165) is 0 Å². The molecule has 2 aromatic heterocycles. The highest BCUT2D eigenvalue weighted by atomic mass is 19.1. The van der Waals surface area contributed by atoms with Crippen LogP contribution in [0.15, 0.2) is 61.1 Å². The van der Waals surface area contributed by atoms with Crippen LogP contribution in [0.1, 0.15) is 0 Å². The van der Waals surface area contributed by atoms with Crippen molar-refractivity contribution in [1.82, 2.24) is 19.7 Å². The lowest BCUT2D eigenvalue weighted by atomic mass is 10.3. The van der Waals surface area contributed by atoms with Crippen molar-refractivity contribution in [3.63, 3.8) is 0 Å². The Morgan fingerprint density at radius 3 is 2.54 bits per heavy atom. The molecule has 7 heteroatoms.